The SMILES string of the molecule is CN=C(NCCNS(=O)(=O)c1cccc([N+](=O)[O-])c1)NCc1ccnn1C. The first kappa shape index (κ1) is 20.3. The molecule has 27 heavy (non-hydrogen) atoms. The minimum atomic E-state index is -3.84. The van der Waals surface area contributed by atoms with Gasteiger partial charge >= 0.3 is 0 Å². The fraction of sp³-hybridized carbons (Fsp3) is 0.333. The number of aryl methyl sites for hydroxylation is 1. The Morgan fingerprint density at radius 1 is 1.30 bits per heavy atom. The van der Waals surface area contributed by atoms with Crippen molar-refractivity contribution in [2.24, 2.45) is 12.0 Å². The molecule has 2 aromatic rings. The average molecular weight is 395 g/mol. The summed E-state index contributed by atoms with van der Waals surface area (Å²) in [6.45, 7) is 0.867. The van der Waals surface area contributed by atoms with Gasteiger partial charge in [0, 0.05) is 45.5 Å². The van der Waals surface area contributed by atoms with Crippen molar-refractivity contribution in [3.8, 4) is 0 Å². The Balaban J connectivity index is 1.83. The van der Waals surface area contributed by atoms with Crippen LogP contribution in [0.3, 0.4) is 0 Å². The predicted molar refractivity (Wildman–Crippen MR) is 99.7 cm³/mol. The zero-order valence-electron chi connectivity index (χ0n) is 14.9. The molecule has 1 aromatic heterocycles. The molecule has 1 heterocycles. The molecule has 11 nitrogen and oxygen atoms in total. The molecule has 0 saturated heterocycles. The topological polar surface area (TPSA) is 144 Å². The summed E-state index contributed by atoms with van der Waals surface area (Å²) in [6.07, 6.45) is 1.69. The fourth-order valence-corrected chi connectivity index (χ4v) is 3.25. The Morgan fingerprint density at radius 3 is 2.70 bits per heavy atom. The van der Waals surface area contributed by atoms with Crippen molar-refractivity contribution in [2.45, 2.75) is 11.4 Å². The Bertz CT molecular complexity index is 924. The molecular weight excluding hydrogens is 374 g/mol. The molecule has 2 rings (SSSR count). The van der Waals surface area contributed by atoms with Crippen molar-refractivity contribution in [1.29, 1.82) is 0 Å². The van der Waals surface area contributed by atoms with E-state index in [-0.39, 0.29) is 23.7 Å². The van der Waals surface area contributed by atoms with Gasteiger partial charge in [-0.2, -0.15) is 5.10 Å². The maximum Gasteiger partial charge on any atom is 0.270 e. The molecule has 0 unspecified atom stereocenters. The van der Waals surface area contributed by atoms with Crippen LogP contribution in [0.25, 0.3) is 0 Å². The summed E-state index contributed by atoms with van der Waals surface area (Å²) < 4.78 is 28.6. The van der Waals surface area contributed by atoms with Crippen molar-refractivity contribution in [1.82, 2.24) is 25.1 Å². The molecule has 0 aliphatic heterocycles. The van der Waals surface area contributed by atoms with Crippen LogP contribution in [0.15, 0.2) is 46.4 Å². The molecule has 0 aliphatic rings. The van der Waals surface area contributed by atoms with E-state index in [1.54, 1.807) is 17.9 Å². The van der Waals surface area contributed by atoms with E-state index in [0.717, 1.165) is 11.8 Å². The highest BCUT2D eigenvalue weighted by Crippen LogP contribution is 2.16. The standard InChI is InChI=1S/C15H21N7O4S/c1-16-15(18-11-13-6-7-19-21(13)2)17-8-9-20-27(25,26)14-5-3-4-12(10-14)22(23)24/h3-7,10,20H,8-9,11H2,1-2H3,(H2,16,17,18). The first-order valence-electron chi connectivity index (χ1n) is 7.99. The molecule has 0 spiro atoms. The van der Waals surface area contributed by atoms with Crippen LogP contribution in [0, 0.1) is 10.1 Å². The van der Waals surface area contributed by atoms with Crippen LogP contribution in [-0.2, 0) is 23.6 Å². The number of aromatic nitrogens is 2. The molecule has 146 valence electrons. The summed E-state index contributed by atoms with van der Waals surface area (Å²) in [5, 5.41) is 20.9. The number of sulfonamides is 1. The number of nitro groups is 1. The fourth-order valence-electron chi connectivity index (χ4n) is 2.18. The van der Waals surface area contributed by atoms with E-state index < -0.39 is 14.9 Å². The number of benzene rings is 1. The molecule has 0 fully saturated rings. The highest BCUT2D eigenvalue weighted by Gasteiger charge is 2.17. The highest BCUT2D eigenvalue weighted by atomic mass is 32.2. The third kappa shape index (κ3) is 5.76. The second-order valence-electron chi connectivity index (χ2n) is 5.45. The van der Waals surface area contributed by atoms with Crippen molar-refractivity contribution in [2.75, 3.05) is 20.1 Å². The maximum absolute atomic E-state index is 12.2. The van der Waals surface area contributed by atoms with Crippen LogP contribution in [0.4, 0.5) is 5.69 Å². The Kier molecular flexibility index (Phi) is 6.85. The minimum Gasteiger partial charge on any atom is -0.355 e. The van der Waals surface area contributed by atoms with Gasteiger partial charge in [-0.25, -0.2) is 13.1 Å². The summed E-state index contributed by atoms with van der Waals surface area (Å²) in [5.41, 5.74) is 0.681. The van der Waals surface area contributed by atoms with Gasteiger partial charge in [0.2, 0.25) is 10.0 Å². The summed E-state index contributed by atoms with van der Waals surface area (Å²) in [6, 6.07) is 6.75. The van der Waals surface area contributed by atoms with E-state index in [4.69, 9.17) is 0 Å². The molecule has 0 bridgehead atoms. The van der Waals surface area contributed by atoms with Gasteiger partial charge in [0.1, 0.15) is 0 Å². The van der Waals surface area contributed by atoms with Gasteiger partial charge < -0.3 is 10.6 Å². The molecule has 0 atom stereocenters. The summed E-state index contributed by atoms with van der Waals surface area (Å²) in [4.78, 5) is 14.0. The summed E-state index contributed by atoms with van der Waals surface area (Å²) in [7, 11) is -0.408. The zero-order valence-corrected chi connectivity index (χ0v) is 15.7. The predicted octanol–water partition coefficient (Wildman–Crippen LogP) is -0.0282. The van der Waals surface area contributed by atoms with Crippen LogP contribution in [0.5, 0.6) is 0 Å². The van der Waals surface area contributed by atoms with Crippen LogP contribution in [0.1, 0.15) is 5.69 Å². The normalized spacial score (nSPS) is 12.0. The third-order valence-electron chi connectivity index (χ3n) is 3.63. The summed E-state index contributed by atoms with van der Waals surface area (Å²) >= 11 is 0. The van der Waals surface area contributed by atoms with Crippen molar-refractivity contribution < 1.29 is 13.3 Å². The van der Waals surface area contributed by atoms with Gasteiger partial charge in [-0.1, -0.05) is 6.07 Å². The second-order valence-corrected chi connectivity index (χ2v) is 7.22. The molecule has 0 radical (unpaired) electrons. The van der Waals surface area contributed by atoms with E-state index in [9.17, 15) is 18.5 Å². The van der Waals surface area contributed by atoms with E-state index in [1.165, 1.54) is 18.2 Å². The largest absolute Gasteiger partial charge is 0.355 e. The number of aliphatic imine (C=N–C) groups is 1. The Morgan fingerprint density at radius 2 is 2.07 bits per heavy atom. The van der Waals surface area contributed by atoms with E-state index in [1.807, 2.05) is 13.1 Å². The van der Waals surface area contributed by atoms with Crippen molar-refractivity contribution in [3.63, 3.8) is 0 Å². The van der Waals surface area contributed by atoms with Crippen LogP contribution < -0.4 is 15.4 Å². The van der Waals surface area contributed by atoms with Crippen LogP contribution in [-0.4, -0.2) is 49.2 Å². The second kappa shape index (κ2) is 9.09. The Hall–Kier alpha value is -2.99. The number of rotatable bonds is 8. The highest BCUT2D eigenvalue weighted by molar-refractivity contribution is 7.89. The molecule has 0 aliphatic carbocycles. The zero-order chi connectivity index (χ0) is 19.9. The van der Waals surface area contributed by atoms with Gasteiger partial charge in [-0.05, 0) is 12.1 Å². The molecule has 12 heteroatoms. The lowest BCUT2D eigenvalue weighted by atomic mass is 10.3. The van der Waals surface area contributed by atoms with Crippen LogP contribution >= 0.6 is 0 Å². The monoisotopic (exact) mass is 395 g/mol. The molecule has 0 amide bonds. The number of nitrogens with one attached hydrogen (secondary N) is 3. The Labute approximate surface area is 156 Å². The van der Waals surface area contributed by atoms with Crippen molar-refractivity contribution in [3.05, 3.63) is 52.3 Å². The first-order chi connectivity index (χ1) is 12.8. The number of nitrogens with zero attached hydrogens (tertiary/aromatic N) is 4. The molecule has 1 aromatic carbocycles. The van der Waals surface area contributed by atoms with Gasteiger partial charge in [-0.15, -0.1) is 0 Å². The van der Waals surface area contributed by atoms with E-state index in [0.29, 0.717) is 12.5 Å². The van der Waals surface area contributed by atoms with Gasteiger partial charge in [0.25, 0.3) is 5.69 Å². The van der Waals surface area contributed by atoms with E-state index >= 15 is 0 Å². The lowest BCUT2D eigenvalue weighted by molar-refractivity contribution is -0.385. The number of hydrogen-bond acceptors (Lipinski definition) is 6. The lowest BCUT2D eigenvalue weighted by Crippen LogP contribution is -2.41. The molecule has 3 N–H and O–H groups in total. The van der Waals surface area contributed by atoms with E-state index in [2.05, 4.69) is 25.4 Å². The first-order valence-corrected chi connectivity index (χ1v) is 9.47. The minimum absolute atomic E-state index is 0.0808. The maximum atomic E-state index is 12.2. The van der Waals surface area contributed by atoms with Gasteiger partial charge in [-0.3, -0.25) is 19.8 Å². The van der Waals surface area contributed by atoms with Crippen molar-refractivity contribution >= 4 is 21.7 Å². The number of hydrogen-bond donors (Lipinski definition) is 3. The number of non-ortho nitro benzene ring substituents is 1. The third-order valence-corrected chi connectivity index (χ3v) is 5.09. The van der Waals surface area contributed by atoms with Crippen LogP contribution in [0.2, 0.25) is 0 Å². The molecule has 0 saturated carbocycles. The summed E-state index contributed by atoms with van der Waals surface area (Å²) in [5.74, 6) is 0.505. The number of guanidine groups is 1. The lowest BCUT2D eigenvalue weighted by Gasteiger charge is -2.12. The van der Waals surface area contributed by atoms with Gasteiger partial charge in [0.05, 0.1) is 22.1 Å². The quantitative estimate of drug-likeness (QED) is 0.187. The molecular formula is C15H21N7O4S. The van der Waals surface area contributed by atoms with Gasteiger partial charge in [0.15, 0.2) is 5.96 Å². The average Bonchev–Trinajstić information content (AvgIpc) is 3.06. The number of nitro benzene ring substituents is 1. The smallest absolute Gasteiger partial charge is 0.270 e.